The summed E-state index contributed by atoms with van der Waals surface area (Å²) in [7, 11) is 0. The van der Waals surface area contributed by atoms with Gasteiger partial charge in [0.15, 0.2) is 5.82 Å². The van der Waals surface area contributed by atoms with Crippen molar-refractivity contribution in [3.05, 3.63) is 70.8 Å². The minimum absolute atomic E-state index is 0.109. The number of carbonyl (C=O) groups excluding carboxylic acids is 1. The van der Waals surface area contributed by atoms with Crippen LogP contribution < -0.4 is 20.9 Å². The fourth-order valence-electron chi connectivity index (χ4n) is 4.18. The first-order valence-electron chi connectivity index (χ1n) is 11.5. The van der Waals surface area contributed by atoms with Gasteiger partial charge in [-0.3, -0.25) is 9.36 Å². The highest BCUT2D eigenvalue weighted by molar-refractivity contribution is 7.21. The highest BCUT2D eigenvalue weighted by Gasteiger charge is 2.23. The van der Waals surface area contributed by atoms with Crippen LogP contribution in [-0.2, 0) is 4.74 Å². The van der Waals surface area contributed by atoms with Gasteiger partial charge in [-0.05, 0) is 48.5 Å². The Balaban J connectivity index is 1.47. The standard InChI is InChI=1S/C25H20N6O5S/c1-2-34-25(33)21-28-22(36-29-21)19-13-17-23(37-19)27-20(26)24(32)31(17)15-8-9-18-16(12-15)30(10-11-35-18)14-6-4-3-5-7-14/h3-9,12-13H,2,10-11H2,1H3,(H2,26,27). The molecule has 6 rings (SSSR count). The molecular formula is C25H20N6O5S. The molecule has 0 spiro atoms. The van der Waals surface area contributed by atoms with Gasteiger partial charge in [0.25, 0.3) is 17.3 Å². The van der Waals surface area contributed by atoms with Crippen LogP contribution in [0, 0.1) is 0 Å². The molecule has 3 aromatic heterocycles. The molecule has 0 fully saturated rings. The van der Waals surface area contributed by atoms with E-state index < -0.39 is 11.5 Å². The molecular weight excluding hydrogens is 496 g/mol. The summed E-state index contributed by atoms with van der Waals surface area (Å²) in [4.78, 5) is 36.8. The number of rotatable bonds is 5. The highest BCUT2D eigenvalue weighted by Crippen LogP contribution is 2.39. The monoisotopic (exact) mass is 516 g/mol. The Kier molecular flexibility index (Phi) is 5.57. The number of fused-ring (bicyclic) bond motifs is 2. The van der Waals surface area contributed by atoms with Gasteiger partial charge in [-0.25, -0.2) is 9.78 Å². The molecule has 0 bridgehead atoms. The normalized spacial score (nSPS) is 12.8. The van der Waals surface area contributed by atoms with E-state index in [-0.39, 0.29) is 24.1 Å². The molecule has 1 aliphatic rings. The summed E-state index contributed by atoms with van der Waals surface area (Å²) in [5.41, 5.74) is 8.51. The van der Waals surface area contributed by atoms with Gasteiger partial charge in [0, 0.05) is 5.69 Å². The van der Waals surface area contributed by atoms with E-state index in [2.05, 4.69) is 20.0 Å². The minimum atomic E-state index is -0.683. The van der Waals surface area contributed by atoms with Gasteiger partial charge in [-0.15, -0.1) is 11.3 Å². The zero-order valence-corrected chi connectivity index (χ0v) is 20.4. The number of aromatic nitrogens is 4. The Bertz CT molecular complexity index is 1690. The summed E-state index contributed by atoms with van der Waals surface area (Å²) in [6.07, 6.45) is 0. The number of esters is 1. The van der Waals surface area contributed by atoms with Crippen molar-refractivity contribution < 1.29 is 18.8 Å². The first-order valence-corrected chi connectivity index (χ1v) is 12.3. The third-order valence-corrected chi connectivity index (χ3v) is 6.81. The average Bonchev–Trinajstić information content (AvgIpc) is 3.57. The topological polar surface area (TPSA) is 139 Å². The fourth-order valence-corrected chi connectivity index (χ4v) is 5.13. The lowest BCUT2D eigenvalue weighted by atomic mass is 10.1. The minimum Gasteiger partial charge on any atom is -0.490 e. The molecule has 0 amide bonds. The number of nitrogens with two attached hydrogens (primary N) is 1. The summed E-state index contributed by atoms with van der Waals surface area (Å²) in [5, 5.41) is 3.70. The number of nitrogens with zero attached hydrogens (tertiary/aromatic N) is 5. The summed E-state index contributed by atoms with van der Waals surface area (Å²) >= 11 is 1.21. The first kappa shape index (κ1) is 22.7. The van der Waals surface area contributed by atoms with Gasteiger partial charge in [-0.1, -0.05) is 18.2 Å². The van der Waals surface area contributed by atoms with E-state index in [0.717, 1.165) is 11.4 Å². The van der Waals surface area contributed by atoms with Crippen LogP contribution in [0.15, 0.2) is 63.9 Å². The molecule has 0 unspecified atom stereocenters. The quantitative estimate of drug-likeness (QED) is 0.343. The zero-order valence-electron chi connectivity index (χ0n) is 19.6. The molecule has 1 aliphatic heterocycles. The summed E-state index contributed by atoms with van der Waals surface area (Å²) in [5.74, 6) is -0.189. The Morgan fingerprint density at radius 1 is 1.14 bits per heavy atom. The molecule has 11 nitrogen and oxygen atoms in total. The lowest BCUT2D eigenvalue weighted by Gasteiger charge is -2.31. The van der Waals surface area contributed by atoms with Crippen molar-refractivity contribution in [1.29, 1.82) is 0 Å². The molecule has 186 valence electrons. The van der Waals surface area contributed by atoms with E-state index in [1.165, 1.54) is 15.9 Å². The second kappa shape index (κ2) is 9.06. The number of anilines is 3. The van der Waals surface area contributed by atoms with Crippen molar-refractivity contribution in [2.24, 2.45) is 0 Å². The van der Waals surface area contributed by atoms with Gasteiger partial charge in [-0.2, -0.15) is 4.98 Å². The molecule has 5 aromatic rings. The van der Waals surface area contributed by atoms with Crippen LogP contribution in [0.4, 0.5) is 17.2 Å². The molecule has 2 aromatic carbocycles. The summed E-state index contributed by atoms with van der Waals surface area (Å²) in [6.45, 7) is 3.08. The number of thiophene rings is 1. The molecule has 0 aliphatic carbocycles. The Hall–Kier alpha value is -4.71. The largest absolute Gasteiger partial charge is 0.490 e. The van der Waals surface area contributed by atoms with Gasteiger partial charge in [0.05, 0.1) is 34.9 Å². The highest BCUT2D eigenvalue weighted by atomic mass is 32.1. The molecule has 2 N–H and O–H groups in total. The van der Waals surface area contributed by atoms with Crippen molar-refractivity contribution in [1.82, 2.24) is 19.7 Å². The molecule has 4 heterocycles. The van der Waals surface area contributed by atoms with E-state index in [0.29, 0.717) is 39.8 Å². The van der Waals surface area contributed by atoms with Crippen molar-refractivity contribution >= 4 is 44.8 Å². The second-order valence-electron chi connectivity index (χ2n) is 8.07. The van der Waals surface area contributed by atoms with Crippen molar-refractivity contribution in [2.75, 3.05) is 30.4 Å². The lowest BCUT2D eigenvalue weighted by molar-refractivity contribution is 0.0508. The predicted molar refractivity (Wildman–Crippen MR) is 138 cm³/mol. The zero-order chi connectivity index (χ0) is 25.5. The Morgan fingerprint density at radius 2 is 1.97 bits per heavy atom. The number of benzene rings is 2. The fraction of sp³-hybridized carbons (Fsp3) is 0.160. The van der Waals surface area contributed by atoms with Gasteiger partial charge in [0.2, 0.25) is 0 Å². The van der Waals surface area contributed by atoms with Gasteiger partial charge < -0.3 is 24.6 Å². The average molecular weight is 517 g/mol. The summed E-state index contributed by atoms with van der Waals surface area (Å²) < 4.78 is 17.6. The second-order valence-corrected chi connectivity index (χ2v) is 9.10. The maximum absolute atomic E-state index is 13.2. The molecule has 37 heavy (non-hydrogen) atoms. The van der Waals surface area contributed by atoms with Gasteiger partial charge in [0.1, 0.15) is 17.2 Å². The number of hydrogen-bond acceptors (Lipinski definition) is 11. The molecule has 12 heteroatoms. The Labute approximate surface area is 213 Å². The molecule has 0 saturated heterocycles. The third kappa shape index (κ3) is 3.96. The number of carbonyl (C=O) groups is 1. The summed E-state index contributed by atoms with van der Waals surface area (Å²) in [6, 6.07) is 17.2. The van der Waals surface area contributed by atoms with E-state index in [4.69, 9.17) is 19.7 Å². The van der Waals surface area contributed by atoms with Crippen molar-refractivity contribution in [3.8, 4) is 22.2 Å². The predicted octanol–water partition coefficient (Wildman–Crippen LogP) is 3.79. The number of ether oxygens (including phenoxy) is 2. The van der Waals surface area contributed by atoms with Crippen LogP contribution in [0.2, 0.25) is 0 Å². The van der Waals surface area contributed by atoms with Crippen LogP contribution >= 0.6 is 11.3 Å². The SMILES string of the molecule is CCOC(=O)c1noc(-c2cc3c(nc(N)c(=O)n3-c3ccc4c(c3)N(c3ccccc3)CCO4)s2)n1. The molecule has 0 atom stereocenters. The third-order valence-electron chi connectivity index (χ3n) is 5.81. The Morgan fingerprint density at radius 3 is 2.78 bits per heavy atom. The van der Waals surface area contributed by atoms with Crippen LogP contribution in [0.25, 0.3) is 26.8 Å². The maximum atomic E-state index is 13.2. The van der Waals surface area contributed by atoms with E-state index in [1.54, 1.807) is 19.1 Å². The lowest BCUT2D eigenvalue weighted by Crippen LogP contribution is -2.29. The van der Waals surface area contributed by atoms with E-state index >= 15 is 0 Å². The first-order chi connectivity index (χ1) is 18.0. The van der Waals surface area contributed by atoms with Crippen LogP contribution in [-0.4, -0.2) is 45.4 Å². The van der Waals surface area contributed by atoms with Crippen molar-refractivity contribution in [3.63, 3.8) is 0 Å². The van der Waals surface area contributed by atoms with E-state index in [9.17, 15) is 9.59 Å². The molecule has 0 radical (unpaired) electrons. The van der Waals surface area contributed by atoms with Crippen LogP contribution in [0.1, 0.15) is 17.5 Å². The number of para-hydroxylation sites is 1. The van der Waals surface area contributed by atoms with Gasteiger partial charge >= 0.3 is 5.97 Å². The van der Waals surface area contributed by atoms with Crippen molar-refractivity contribution in [2.45, 2.75) is 6.92 Å². The van der Waals surface area contributed by atoms with Crippen LogP contribution in [0.3, 0.4) is 0 Å². The maximum Gasteiger partial charge on any atom is 0.379 e. The number of hydrogen-bond donors (Lipinski definition) is 1. The van der Waals surface area contributed by atoms with E-state index in [1.807, 2.05) is 42.5 Å². The van der Waals surface area contributed by atoms with Crippen LogP contribution in [0.5, 0.6) is 5.75 Å². The smallest absolute Gasteiger partial charge is 0.379 e. The molecule has 0 saturated carbocycles. The number of nitrogen functional groups attached to an aromatic ring is 1.